The van der Waals surface area contributed by atoms with Gasteiger partial charge in [0.1, 0.15) is 0 Å². The minimum atomic E-state index is 0.553. The second kappa shape index (κ2) is 4.96. The van der Waals surface area contributed by atoms with Gasteiger partial charge in [-0.25, -0.2) is 0 Å². The smallest absolute Gasteiger partial charge is 0.0577 e. The van der Waals surface area contributed by atoms with Gasteiger partial charge in [0, 0.05) is 11.1 Å². The summed E-state index contributed by atoms with van der Waals surface area (Å²) in [6.07, 6.45) is 5.22. The molecule has 2 rings (SSSR count). The summed E-state index contributed by atoms with van der Waals surface area (Å²) in [5.41, 5.74) is 7.69. The van der Waals surface area contributed by atoms with E-state index in [1.165, 1.54) is 25.7 Å². The van der Waals surface area contributed by atoms with Gasteiger partial charge in [-0.05, 0) is 37.0 Å². The summed E-state index contributed by atoms with van der Waals surface area (Å²) in [5.74, 6) is 0.726. The van der Waals surface area contributed by atoms with Gasteiger partial charge < -0.3 is 11.1 Å². The van der Waals surface area contributed by atoms with Crippen molar-refractivity contribution >= 4 is 23.0 Å². The van der Waals surface area contributed by atoms with E-state index in [1.807, 2.05) is 12.1 Å². The number of nitrogens with two attached hydrogens (primary N) is 1. The third-order valence-electron chi connectivity index (χ3n) is 3.47. The highest BCUT2D eigenvalue weighted by atomic mass is 35.5. The van der Waals surface area contributed by atoms with E-state index in [2.05, 4.69) is 12.2 Å². The van der Waals surface area contributed by atoms with Crippen LogP contribution in [0, 0.1) is 5.92 Å². The summed E-state index contributed by atoms with van der Waals surface area (Å²) in [5, 5.41) is 4.24. The average molecular weight is 239 g/mol. The SMILES string of the molecule is C[C@H]1CCCC[C@@H]1Nc1ccc(Cl)cc1N. The molecule has 0 radical (unpaired) electrons. The quantitative estimate of drug-likeness (QED) is 0.767. The molecule has 0 heterocycles. The minimum Gasteiger partial charge on any atom is -0.397 e. The van der Waals surface area contributed by atoms with Gasteiger partial charge in [-0.2, -0.15) is 0 Å². The van der Waals surface area contributed by atoms with Gasteiger partial charge in [0.2, 0.25) is 0 Å². The first-order valence-corrected chi connectivity index (χ1v) is 6.36. The Morgan fingerprint density at radius 3 is 2.75 bits per heavy atom. The molecule has 1 aromatic rings. The predicted molar refractivity (Wildman–Crippen MR) is 70.9 cm³/mol. The summed E-state index contributed by atoms with van der Waals surface area (Å²) >= 11 is 5.88. The van der Waals surface area contributed by atoms with Gasteiger partial charge in [0.15, 0.2) is 0 Å². The lowest BCUT2D eigenvalue weighted by Crippen LogP contribution is -2.30. The van der Waals surface area contributed by atoms with Crippen molar-refractivity contribution in [2.75, 3.05) is 11.1 Å². The Morgan fingerprint density at radius 1 is 1.31 bits per heavy atom. The van der Waals surface area contributed by atoms with Gasteiger partial charge in [-0.15, -0.1) is 0 Å². The van der Waals surface area contributed by atoms with Crippen molar-refractivity contribution in [3.05, 3.63) is 23.2 Å². The second-order valence-electron chi connectivity index (χ2n) is 4.74. The molecule has 0 aliphatic heterocycles. The predicted octanol–water partition coefficient (Wildman–Crippen LogP) is 3.91. The van der Waals surface area contributed by atoms with Crippen molar-refractivity contribution in [2.24, 2.45) is 5.92 Å². The largest absolute Gasteiger partial charge is 0.397 e. The van der Waals surface area contributed by atoms with E-state index in [4.69, 9.17) is 17.3 Å². The number of rotatable bonds is 2. The summed E-state index contributed by atoms with van der Waals surface area (Å²) in [6.45, 7) is 2.31. The monoisotopic (exact) mass is 238 g/mol. The third kappa shape index (κ3) is 2.62. The van der Waals surface area contributed by atoms with Crippen LogP contribution in [0.3, 0.4) is 0 Å². The molecular weight excluding hydrogens is 220 g/mol. The Kier molecular flexibility index (Phi) is 3.59. The number of halogens is 1. The summed E-state index contributed by atoms with van der Waals surface area (Å²) in [6, 6.07) is 6.21. The fourth-order valence-electron chi connectivity index (χ4n) is 2.40. The van der Waals surface area contributed by atoms with Crippen LogP contribution in [-0.2, 0) is 0 Å². The maximum atomic E-state index is 5.94. The van der Waals surface area contributed by atoms with Crippen molar-refractivity contribution in [3.8, 4) is 0 Å². The summed E-state index contributed by atoms with van der Waals surface area (Å²) in [4.78, 5) is 0. The van der Waals surface area contributed by atoms with Crippen LogP contribution in [0.1, 0.15) is 32.6 Å². The lowest BCUT2D eigenvalue weighted by molar-refractivity contribution is 0.349. The molecule has 0 amide bonds. The average Bonchev–Trinajstić information content (AvgIpc) is 2.25. The van der Waals surface area contributed by atoms with Crippen LogP contribution in [-0.4, -0.2) is 6.04 Å². The number of benzene rings is 1. The van der Waals surface area contributed by atoms with Crippen LogP contribution in [0.25, 0.3) is 0 Å². The first-order valence-electron chi connectivity index (χ1n) is 5.98. The molecule has 1 fully saturated rings. The second-order valence-corrected chi connectivity index (χ2v) is 5.18. The normalized spacial score (nSPS) is 25.4. The molecule has 2 atom stereocenters. The highest BCUT2D eigenvalue weighted by Crippen LogP contribution is 2.29. The number of hydrogen-bond acceptors (Lipinski definition) is 2. The lowest BCUT2D eigenvalue weighted by atomic mass is 9.86. The van der Waals surface area contributed by atoms with Crippen LogP contribution < -0.4 is 11.1 Å². The Morgan fingerprint density at radius 2 is 2.06 bits per heavy atom. The fourth-order valence-corrected chi connectivity index (χ4v) is 2.58. The van der Waals surface area contributed by atoms with Crippen LogP contribution >= 0.6 is 11.6 Å². The van der Waals surface area contributed by atoms with Gasteiger partial charge in [0.25, 0.3) is 0 Å². The molecule has 0 saturated heterocycles. The van der Waals surface area contributed by atoms with E-state index in [-0.39, 0.29) is 0 Å². The zero-order valence-corrected chi connectivity index (χ0v) is 10.4. The maximum absolute atomic E-state index is 5.94. The maximum Gasteiger partial charge on any atom is 0.0577 e. The molecule has 3 N–H and O–H groups in total. The van der Waals surface area contributed by atoms with Crippen molar-refractivity contribution < 1.29 is 0 Å². The van der Waals surface area contributed by atoms with Crippen molar-refractivity contribution in [1.29, 1.82) is 0 Å². The molecule has 1 saturated carbocycles. The molecule has 0 aromatic heterocycles. The highest BCUT2D eigenvalue weighted by Gasteiger charge is 2.21. The van der Waals surface area contributed by atoms with E-state index < -0.39 is 0 Å². The number of nitrogens with one attached hydrogen (secondary N) is 1. The number of anilines is 2. The first kappa shape index (κ1) is 11.6. The zero-order chi connectivity index (χ0) is 11.5. The Labute approximate surface area is 102 Å². The van der Waals surface area contributed by atoms with Gasteiger partial charge in [-0.1, -0.05) is 31.4 Å². The van der Waals surface area contributed by atoms with E-state index in [0.29, 0.717) is 11.1 Å². The Bertz CT molecular complexity index is 365. The molecule has 1 aromatic carbocycles. The van der Waals surface area contributed by atoms with Crippen LogP contribution in [0.2, 0.25) is 5.02 Å². The molecule has 0 bridgehead atoms. The van der Waals surface area contributed by atoms with Crippen molar-refractivity contribution in [1.82, 2.24) is 0 Å². The van der Waals surface area contributed by atoms with E-state index >= 15 is 0 Å². The van der Waals surface area contributed by atoms with Crippen LogP contribution in [0.5, 0.6) is 0 Å². The van der Waals surface area contributed by atoms with Gasteiger partial charge >= 0.3 is 0 Å². The molecule has 1 aliphatic carbocycles. The zero-order valence-electron chi connectivity index (χ0n) is 9.67. The van der Waals surface area contributed by atoms with Crippen LogP contribution in [0.4, 0.5) is 11.4 Å². The topological polar surface area (TPSA) is 38.0 Å². The minimum absolute atomic E-state index is 0.553. The molecule has 88 valence electrons. The lowest BCUT2D eigenvalue weighted by Gasteiger charge is -2.30. The molecule has 0 unspecified atom stereocenters. The van der Waals surface area contributed by atoms with Gasteiger partial charge in [0.05, 0.1) is 11.4 Å². The molecule has 1 aliphatic rings. The molecule has 3 heteroatoms. The van der Waals surface area contributed by atoms with Crippen molar-refractivity contribution in [2.45, 2.75) is 38.6 Å². The summed E-state index contributed by atoms with van der Waals surface area (Å²) in [7, 11) is 0. The third-order valence-corrected chi connectivity index (χ3v) is 3.70. The van der Waals surface area contributed by atoms with E-state index in [9.17, 15) is 0 Å². The van der Waals surface area contributed by atoms with E-state index in [0.717, 1.165) is 17.3 Å². The molecule has 0 spiro atoms. The first-order chi connectivity index (χ1) is 7.66. The standard InChI is InChI=1S/C13H19ClN2/c1-9-4-2-3-5-12(9)16-13-7-6-10(14)8-11(13)15/h6-9,12,16H,2-5,15H2,1H3/t9-,12-/m0/s1. The number of nitrogen functional groups attached to an aromatic ring is 1. The van der Waals surface area contributed by atoms with Crippen molar-refractivity contribution in [3.63, 3.8) is 0 Å². The molecule has 16 heavy (non-hydrogen) atoms. The highest BCUT2D eigenvalue weighted by molar-refractivity contribution is 6.31. The summed E-state index contributed by atoms with van der Waals surface area (Å²) < 4.78 is 0. The molecule has 2 nitrogen and oxygen atoms in total. The Balaban J connectivity index is 2.07. The van der Waals surface area contributed by atoms with Crippen LogP contribution in [0.15, 0.2) is 18.2 Å². The van der Waals surface area contributed by atoms with E-state index in [1.54, 1.807) is 6.07 Å². The molecular formula is C13H19ClN2. The fraction of sp³-hybridized carbons (Fsp3) is 0.538. The van der Waals surface area contributed by atoms with Gasteiger partial charge in [-0.3, -0.25) is 0 Å². The Hall–Kier alpha value is -0.890. The number of hydrogen-bond donors (Lipinski definition) is 2.